The molecule has 4 heteroatoms. The molecule has 1 saturated carbocycles. The van der Waals surface area contributed by atoms with Crippen LogP contribution in [0.3, 0.4) is 0 Å². The van der Waals surface area contributed by atoms with Gasteiger partial charge in [0, 0.05) is 15.0 Å². The van der Waals surface area contributed by atoms with Crippen LogP contribution in [-0.2, 0) is 0 Å². The Morgan fingerprint density at radius 2 is 1.93 bits per heavy atom. The zero-order valence-electron chi connectivity index (χ0n) is 7.54. The second-order valence-corrected chi connectivity index (χ2v) is 5.30. The van der Waals surface area contributed by atoms with E-state index >= 15 is 0 Å². The standard InChI is InChI=1S/C10H11Br2N.ClH/c11-7-3-4-9(12)8(5-7)10(13)6-1-2-6;/h3-6,10H,1-2,13H2;1H/t10-;/m1./s1. The Labute approximate surface area is 107 Å². The Morgan fingerprint density at radius 3 is 2.50 bits per heavy atom. The van der Waals surface area contributed by atoms with Gasteiger partial charge in [-0.25, -0.2) is 0 Å². The average Bonchev–Trinajstić information content (AvgIpc) is 2.91. The van der Waals surface area contributed by atoms with Crippen LogP contribution in [0.15, 0.2) is 27.1 Å². The predicted molar refractivity (Wildman–Crippen MR) is 68.7 cm³/mol. The fraction of sp³-hybridized carbons (Fsp3) is 0.400. The smallest absolute Gasteiger partial charge is 0.0335 e. The molecule has 0 aromatic heterocycles. The quantitative estimate of drug-likeness (QED) is 0.863. The van der Waals surface area contributed by atoms with Crippen LogP contribution in [0, 0.1) is 5.92 Å². The SMILES string of the molecule is Cl.N[C@@H](c1cc(Br)ccc1Br)C1CC1. The summed E-state index contributed by atoms with van der Waals surface area (Å²) < 4.78 is 2.22. The monoisotopic (exact) mass is 339 g/mol. The fourth-order valence-corrected chi connectivity index (χ4v) is 2.37. The van der Waals surface area contributed by atoms with Crippen LogP contribution in [0.4, 0.5) is 0 Å². The van der Waals surface area contributed by atoms with E-state index in [0.717, 1.165) is 8.95 Å². The van der Waals surface area contributed by atoms with Gasteiger partial charge in [-0.05, 0) is 42.5 Å². The predicted octanol–water partition coefficient (Wildman–Crippen LogP) is 4.04. The highest BCUT2D eigenvalue weighted by Crippen LogP contribution is 2.41. The molecule has 78 valence electrons. The molecule has 0 amide bonds. The third kappa shape index (κ3) is 2.72. The van der Waals surface area contributed by atoms with Gasteiger partial charge in [0.25, 0.3) is 0 Å². The maximum Gasteiger partial charge on any atom is 0.0335 e. The average molecular weight is 341 g/mol. The third-order valence-electron chi connectivity index (χ3n) is 2.45. The van der Waals surface area contributed by atoms with Crippen molar-refractivity contribution in [1.82, 2.24) is 0 Å². The molecule has 1 aliphatic carbocycles. The molecule has 1 nitrogen and oxygen atoms in total. The molecular formula is C10H12Br2ClN. The summed E-state index contributed by atoms with van der Waals surface area (Å²) in [6.45, 7) is 0. The highest BCUT2D eigenvalue weighted by molar-refractivity contribution is 9.11. The zero-order chi connectivity index (χ0) is 9.42. The molecule has 1 aliphatic rings. The van der Waals surface area contributed by atoms with Gasteiger partial charge in [-0.2, -0.15) is 0 Å². The molecule has 2 N–H and O–H groups in total. The second kappa shape index (κ2) is 4.97. The van der Waals surface area contributed by atoms with E-state index in [-0.39, 0.29) is 18.4 Å². The maximum absolute atomic E-state index is 6.12. The molecule has 1 fully saturated rings. The second-order valence-electron chi connectivity index (χ2n) is 3.53. The lowest BCUT2D eigenvalue weighted by Gasteiger charge is -2.12. The van der Waals surface area contributed by atoms with Crippen LogP contribution in [-0.4, -0.2) is 0 Å². The van der Waals surface area contributed by atoms with E-state index < -0.39 is 0 Å². The van der Waals surface area contributed by atoms with Gasteiger partial charge in [0.1, 0.15) is 0 Å². The van der Waals surface area contributed by atoms with Gasteiger partial charge < -0.3 is 5.73 Å². The van der Waals surface area contributed by atoms with Gasteiger partial charge in [-0.3, -0.25) is 0 Å². The van der Waals surface area contributed by atoms with Gasteiger partial charge in [0.05, 0.1) is 0 Å². The fourth-order valence-electron chi connectivity index (χ4n) is 1.48. The molecule has 2 rings (SSSR count). The molecule has 0 unspecified atom stereocenters. The molecular weight excluding hydrogens is 329 g/mol. The van der Waals surface area contributed by atoms with Crippen molar-refractivity contribution >= 4 is 44.3 Å². The van der Waals surface area contributed by atoms with Crippen LogP contribution in [0.2, 0.25) is 0 Å². The van der Waals surface area contributed by atoms with E-state index in [9.17, 15) is 0 Å². The Bertz CT molecular complexity index is 326. The van der Waals surface area contributed by atoms with E-state index in [1.54, 1.807) is 0 Å². The van der Waals surface area contributed by atoms with Crippen LogP contribution in [0.5, 0.6) is 0 Å². The van der Waals surface area contributed by atoms with E-state index in [1.165, 1.54) is 18.4 Å². The van der Waals surface area contributed by atoms with Gasteiger partial charge in [-0.1, -0.05) is 31.9 Å². The van der Waals surface area contributed by atoms with Crippen molar-refractivity contribution in [1.29, 1.82) is 0 Å². The third-order valence-corrected chi connectivity index (χ3v) is 3.66. The Hall–Kier alpha value is 0.430. The summed E-state index contributed by atoms with van der Waals surface area (Å²) in [4.78, 5) is 0. The zero-order valence-corrected chi connectivity index (χ0v) is 11.5. The van der Waals surface area contributed by atoms with Gasteiger partial charge in [-0.15, -0.1) is 12.4 Å². The first-order valence-electron chi connectivity index (χ1n) is 4.39. The Kier molecular flexibility index (Phi) is 4.44. The number of benzene rings is 1. The summed E-state index contributed by atoms with van der Waals surface area (Å²) in [5.74, 6) is 0.700. The molecule has 0 spiro atoms. The first kappa shape index (κ1) is 12.5. The minimum Gasteiger partial charge on any atom is -0.324 e. The lowest BCUT2D eigenvalue weighted by atomic mass is 10.0. The van der Waals surface area contributed by atoms with E-state index in [2.05, 4.69) is 37.9 Å². The molecule has 14 heavy (non-hydrogen) atoms. The van der Waals surface area contributed by atoms with Crippen molar-refractivity contribution < 1.29 is 0 Å². The summed E-state index contributed by atoms with van der Waals surface area (Å²) in [5, 5.41) is 0. The summed E-state index contributed by atoms with van der Waals surface area (Å²) >= 11 is 6.98. The molecule has 1 aromatic carbocycles. The van der Waals surface area contributed by atoms with Crippen molar-refractivity contribution in [3.05, 3.63) is 32.7 Å². The molecule has 0 aliphatic heterocycles. The summed E-state index contributed by atoms with van der Waals surface area (Å²) in [5.41, 5.74) is 7.34. The molecule has 0 saturated heterocycles. The van der Waals surface area contributed by atoms with Crippen LogP contribution in [0.25, 0.3) is 0 Å². The molecule has 1 atom stereocenters. The number of rotatable bonds is 2. The Balaban J connectivity index is 0.000000980. The topological polar surface area (TPSA) is 26.0 Å². The van der Waals surface area contributed by atoms with Crippen molar-refractivity contribution in [3.63, 3.8) is 0 Å². The van der Waals surface area contributed by atoms with Crippen molar-refractivity contribution in [2.45, 2.75) is 18.9 Å². The summed E-state index contributed by atoms with van der Waals surface area (Å²) in [6.07, 6.45) is 2.56. The highest BCUT2D eigenvalue weighted by Gasteiger charge is 2.30. The molecule has 0 heterocycles. The highest BCUT2D eigenvalue weighted by atomic mass is 79.9. The van der Waals surface area contributed by atoms with Gasteiger partial charge >= 0.3 is 0 Å². The van der Waals surface area contributed by atoms with Crippen LogP contribution in [0.1, 0.15) is 24.4 Å². The van der Waals surface area contributed by atoms with Crippen molar-refractivity contribution in [2.24, 2.45) is 11.7 Å². The van der Waals surface area contributed by atoms with Crippen LogP contribution < -0.4 is 5.73 Å². The number of hydrogen-bond acceptors (Lipinski definition) is 1. The number of hydrogen-bond donors (Lipinski definition) is 1. The van der Waals surface area contributed by atoms with Gasteiger partial charge in [0.2, 0.25) is 0 Å². The lowest BCUT2D eigenvalue weighted by molar-refractivity contribution is 0.630. The summed E-state index contributed by atoms with van der Waals surface area (Å²) in [7, 11) is 0. The lowest BCUT2D eigenvalue weighted by Crippen LogP contribution is -2.12. The largest absolute Gasteiger partial charge is 0.324 e. The normalized spacial score (nSPS) is 17.4. The molecule has 0 radical (unpaired) electrons. The first-order valence-corrected chi connectivity index (χ1v) is 5.97. The van der Waals surface area contributed by atoms with Crippen LogP contribution >= 0.6 is 44.3 Å². The maximum atomic E-state index is 6.12. The van der Waals surface area contributed by atoms with Gasteiger partial charge in [0.15, 0.2) is 0 Å². The number of nitrogens with two attached hydrogens (primary N) is 1. The van der Waals surface area contributed by atoms with Crippen molar-refractivity contribution in [3.8, 4) is 0 Å². The Morgan fingerprint density at radius 1 is 1.29 bits per heavy atom. The van der Waals surface area contributed by atoms with E-state index in [1.807, 2.05) is 12.1 Å². The summed E-state index contributed by atoms with van der Waals surface area (Å²) in [6, 6.07) is 6.37. The molecule has 1 aromatic rings. The number of halogens is 3. The van der Waals surface area contributed by atoms with E-state index in [0.29, 0.717) is 5.92 Å². The van der Waals surface area contributed by atoms with E-state index in [4.69, 9.17) is 5.73 Å². The first-order chi connectivity index (χ1) is 6.18. The minimum absolute atomic E-state index is 0. The molecule has 0 bridgehead atoms. The minimum atomic E-state index is 0. The van der Waals surface area contributed by atoms with Crippen molar-refractivity contribution in [2.75, 3.05) is 0 Å².